The summed E-state index contributed by atoms with van der Waals surface area (Å²) in [6.07, 6.45) is -0.812. The molecule has 2 aromatic rings. The predicted octanol–water partition coefficient (Wildman–Crippen LogP) is 2.61. The quantitative estimate of drug-likeness (QED) is 0.861. The van der Waals surface area contributed by atoms with E-state index in [1.54, 1.807) is 24.4 Å². The highest BCUT2D eigenvalue weighted by Gasteiger charge is 2.18. The molecule has 2 rings (SSSR count). The van der Waals surface area contributed by atoms with E-state index in [4.69, 9.17) is 4.74 Å². The van der Waals surface area contributed by atoms with E-state index in [-0.39, 0.29) is 5.91 Å². The molecule has 1 aromatic heterocycles. The Hall–Kier alpha value is -2.14. The highest BCUT2D eigenvalue weighted by molar-refractivity contribution is 7.11. The molecule has 1 heterocycles. The molecule has 0 bridgehead atoms. The molecule has 0 saturated heterocycles. The van der Waals surface area contributed by atoms with Gasteiger partial charge in [-0.15, -0.1) is 11.3 Å². The van der Waals surface area contributed by atoms with E-state index < -0.39 is 12.1 Å². The van der Waals surface area contributed by atoms with Crippen LogP contribution in [0.3, 0.4) is 0 Å². The summed E-state index contributed by atoms with van der Waals surface area (Å²) in [7, 11) is 0. The molecule has 1 amide bonds. The lowest BCUT2D eigenvalue weighted by molar-refractivity contribution is -0.129. The van der Waals surface area contributed by atoms with Crippen LogP contribution in [0.1, 0.15) is 22.2 Å². The van der Waals surface area contributed by atoms with Gasteiger partial charge in [0, 0.05) is 6.54 Å². The SMILES string of the molecule is C[C@H](OC(=O)c1cccs1)C(=O)NCc1ccccc1. The van der Waals surface area contributed by atoms with E-state index >= 15 is 0 Å². The van der Waals surface area contributed by atoms with Crippen LogP contribution in [0.25, 0.3) is 0 Å². The van der Waals surface area contributed by atoms with Crippen molar-refractivity contribution in [2.75, 3.05) is 0 Å². The summed E-state index contributed by atoms with van der Waals surface area (Å²) in [4.78, 5) is 24.0. The number of carbonyl (C=O) groups excluding carboxylic acids is 2. The normalized spacial score (nSPS) is 11.7. The minimum absolute atomic E-state index is 0.307. The Morgan fingerprint density at radius 2 is 1.95 bits per heavy atom. The first-order valence-electron chi connectivity index (χ1n) is 6.23. The Bertz CT molecular complexity index is 566. The zero-order chi connectivity index (χ0) is 14.4. The Morgan fingerprint density at radius 3 is 2.60 bits per heavy atom. The average molecular weight is 289 g/mol. The first-order chi connectivity index (χ1) is 9.66. The van der Waals surface area contributed by atoms with Crippen molar-refractivity contribution < 1.29 is 14.3 Å². The monoisotopic (exact) mass is 289 g/mol. The van der Waals surface area contributed by atoms with E-state index in [1.807, 2.05) is 30.3 Å². The molecule has 0 aliphatic rings. The van der Waals surface area contributed by atoms with Gasteiger partial charge in [-0.05, 0) is 23.9 Å². The van der Waals surface area contributed by atoms with Crippen molar-refractivity contribution in [1.82, 2.24) is 5.32 Å². The van der Waals surface area contributed by atoms with E-state index in [2.05, 4.69) is 5.32 Å². The van der Waals surface area contributed by atoms with Crippen LogP contribution in [0.5, 0.6) is 0 Å². The molecule has 0 fully saturated rings. The van der Waals surface area contributed by atoms with Gasteiger partial charge in [-0.1, -0.05) is 36.4 Å². The molecule has 0 saturated carbocycles. The van der Waals surface area contributed by atoms with Gasteiger partial charge >= 0.3 is 5.97 Å². The third-order valence-electron chi connectivity index (χ3n) is 2.68. The molecule has 5 heteroatoms. The lowest BCUT2D eigenvalue weighted by atomic mass is 10.2. The lowest BCUT2D eigenvalue weighted by Gasteiger charge is -2.12. The summed E-state index contributed by atoms with van der Waals surface area (Å²) in [6.45, 7) is 1.98. The maximum absolute atomic E-state index is 11.8. The molecular formula is C15H15NO3S. The minimum Gasteiger partial charge on any atom is -0.448 e. The lowest BCUT2D eigenvalue weighted by Crippen LogP contribution is -2.35. The average Bonchev–Trinajstić information content (AvgIpc) is 3.00. The first-order valence-corrected chi connectivity index (χ1v) is 7.11. The molecule has 0 unspecified atom stereocenters. The number of ether oxygens (including phenoxy) is 1. The second-order valence-electron chi connectivity index (χ2n) is 4.23. The van der Waals surface area contributed by atoms with Crippen LogP contribution >= 0.6 is 11.3 Å². The fourth-order valence-electron chi connectivity index (χ4n) is 1.60. The van der Waals surface area contributed by atoms with Gasteiger partial charge in [-0.3, -0.25) is 4.79 Å². The molecule has 0 radical (unpaired) electrons. The summed E-state index contributed by atoms with van der Waals surface area (Å²) >= 11 is 1.29. The topological polar surface area (TPSA) is 55.4 Å². The maximum Gasteiger partial charge on any atom is 0.349 e. The minimum atomic E-state index is -0.812. The summed E-state index contributed by atoms with van der Waals surface area (Å²) in [5, 5.41) is 4.53. The van der Waals surface area contributed by atoms with Crippen LogP contribution in [-0.4, -0.2) is 18.0 Å². The fourth-order valence-corrected chi connectivity index (χ4v) is 2.20. The number of esters is 1. The van der Waals surface area contributed by atoms with Crippen molar-refractivity contribution in [1.29, 1.82) is 0 Å². The van der Waals surface area contributed by atoms with Gasteiger partial charge in [-0.25, -0.2) is 4.79 Å². The van der Waals surface area contributed by atoms with E-state index in [9.17, 15) is 9.59 Å². The van der Waals surface area contributed by atoms with Crippen LogP contribution in [0.2, 0.25) is 0 Å². The van der Waals surface area contributed by atoms with Crippen molar-refractivity contribution in [3.8, 4) is 0 Å². The number of thiophene rings is 1. The summed E-state index contributed by atoms with van der Waals surface area (Å²) < 4.78 is 5.10. The second kappa shape index (κ2) is 6.86. The van der Waals surface area contributed by atoms with Gasteiger partial charge in [0.05, 0.1) is 0 Å². The number of hydrogen-bond donors (Lipinski definition) is 1. The van der Waals surface area contributed by atoms with Crippen LogP contribution < -0.4 is 5.32 Å². The molecular weight excluding hydrogens is 274 g/mol. The van der Waals surface area contributed by atoms with Crippen molar-refractivity contribution in [3.63, 3.8) is 0 Å². The number of benzene rings is 1. The van der Waals surface area contributed by atoms with Crippen LogP contribution in [0.15, 0.2) is 47.8 Å². The molecule has 20 heavy (non-hydrogen) atoms. The van der Waals surface area contributed by atoms with E-state index in [0.717, 1.165) is 5.56 Å². The third kappa shape index (κ3) is 3.93. The number of rotatable bonds is 5. The maximum atomic E-state index is 11.8. The van der Waals surface area contributed by atoms with Gasteiger partial charge in [-0.2, -0.15) is 0 Å². The van der Waals surface area contributed by atoms with Crippen LogP contribution in [0.4, 0.5) is 0 Å². The Morgan fingerprint density at radius 1 is 1.20 bits per heavy atom. The molecule has 104 valence electrons. The van der Waals surface area contributed by atoms with Gasteiger partial charge in [0.25, 0.3) is 5.91 Å². The van der Waals surface area contributed by atoms with Crippen LogP contribution in [0, 0.1) is 0 Å². The van der Waals surface area contributed by atoms with Gasteiger partial charge in [0.1, 0.15) is 4.88 Å². The molecule has 1 N–H and O–H groups in total. The Balaban J connectivity index is 1.82. The van der Waals surface area contributed by atoms with Crippen LogP contribution in [-0.2, 0) is 16.1 Å². The summed E-state index contributed by atoms with van der Waals surface area (Å²) in [5.41, 5.74) is 0.998. The molecule has 0 aliphatic carbocycles. The van der Waals surface area contributed by atoms with Crippen molar-refractivity contribution in [2.45, 2.75) is 19.6 Å². The number of carbonyl (C=O) groups is 2. The van der Waals surface area contributed by atoms with Gasteiger partial charge < -0.3 is 10.1 Å². The number of nitrogens with one attached hydrogen (secondary N) is 1. The van der Waals surface area contributed by atoms with E-state index in [1.165, 1.54) is 11.3 Å². The number of amides is 1. The number of hydrogen-bond acceptors (Lipinski definition) is 4. The molecule has 1 aromatic carbocycles. The second-order valence-corrected chi connectivity index (χ2v) is 5.18. The molecule has 0 spiro atoms. The zero-order valence-electron chi connectivity index (χ0n) is 11.0. The third-order valence-corrected chi connectivity index (χ3v) is 3.53. The Labute approximate surface area is 121 Å². The van der Waals surface area contributed by atoms with Gasteiger partial charge in [0.15, 0.2) is 6.10 Å². The van der Waals surface area contributed by atoms with Crippen molar-refractivity contribution in [2.24, 2.45) is 0 Å². The van der Waals surface area contributed by atoms with Crippen molar-refractivity contribution in [3.05, 3.63) is 58.3 Å². The highest BCUT2D eigenvalue weighted by Crippen LogP contribution is 2.11. The molecule has 4 nitrogen and oxygen atoms in total. The largest absolute Gasteiger partial charge is 0.448 e. The fraction of sp³-hybridized carbons (Fsp3) is 0.200. The summed E-state index contributed by atoms with van der Waals surface area (Å²) in [6, 6.07) is 13.0. The first kappa shape index (κ1) is 14.3. The van der Waals surface area contributed by atoms with E-state index in [0.29, 0.717) is 11.4 Å². The van der Waals surface area contributed by atoms with Crippen molar-refractivity contribution >= 4 is 23.2 Å². The van der Waals surface area contributed by atoms with Gasteiger partial charge in [0.2, 0.25) is 0 Å². The Kier molecular flexibility index (Phi) is 4.90. The smallest absolute Gasteiger partial charge is 0.349 e. The summed E-state index contributed by atoms with van der Waals surface area (Å²) in [5.74, 6) is -0.777. The highest BCUT2D eigenvalue weighted by atomic mass is 32.1. The standard InChI is InChI=1S/C15H15NO3S/c1-11(19-15(18)13-8-5-9-20-13)14(17)16-10-12-6-3-2-4-7-12/h2-9,11H,10H2,1H3,(H,16,17)/t11-/m0/s1. The predicted molar refractivity (Wildman–Crippen MR) is 77.5 cm³/mol. The molecule has 0 aliphatic heterocycles. The zero-order valence-corrected chi connectivity index (χ0v) is 11.9. The molecule has 1 atom stereocenters.